The number of amides is 1. The zero-order valence-electron chi connectivity index (χ0n) is 17.6. The van der Waals surface area contributed by atoms with Crippen molar-refractivity contribution in [3.05, 3.63) is 87.9 Å². The maximum absolute atomic E-state index is 12.9. The van der Waals surface area contributed by atoms with Gasteiger partial charge in [0.2, 0.25) is 0 Å². The Morgan fingerprint density at radius 2 is 1.97 bits per heavy atom. The van der Waals surface area contributed by atoms with Gasteiger partial charge in [0.15, 0.2) is 5.82 Å². The van der Waals surface area contributed by atoms with Crippen molar-refractivity contribution in [1.82, 2.24) is 9.78 Å². The topological polar surface area (TPSA) is 86.4 Å². The van der Waals surface area contributed by atoms with Crippen molar-refractivity contribution in [3.63, 3.8) is 0 Å². The molecule has 0 saturated carbocycles. The van der Waals surface area contributed by atoms with Crippen molar-refractivity contribution < 1.29 is 13.9 Å². The van der Waals surface area contributed by atoms with Gasteiger partial charge in [-0.25, -0.2) is 4.79 Å². The summed E-state index contributed by atoms with van der Waals surface area (Å²) in [5.41, 5.74) is 2.22. The standard InChI is InChI=1S/C24H23N3O4/c1-15(2)30-18-8-9-19-20(13-23(28)31-21(19)12-18)24(29)25-22-10-11-27(26-22)14-17-7-5-4-6-16(17)3/h4-13,15H,14H2,1-3H3,(H,25,26,29). The van der Waals surface area contributed by atoms with Crippen LogP contribution in [0.15, 0.2) is 70.0 Å². The van der Waals surface area contributed by atoms with Gasteiger partial charge in [0.05, 0.1) is 18.2 Å². The number of hydrogen-bond donors (Lipinski definition) is 1. The number of nitrogens with zero attached hydrogens (tertiary/aromatic N) is 2. The molecule has 0 radical (unpaired) electrons. The summed E-state index contributed by atoms with van der Waals surface area (Å²) in [6.07, 6.45) is 1.78. The Hall–Kier alpha value is -3.87. The molecule has 158 valence electrons. The molecule has 0 aliphatic rings. The molecule has 2 heterocycles. The van der Waals surface area contributed by atoms with Crippen LogP contribution in [0.2, 0.25) is 0 Å². The number of hydrogen-bond acceptors (Lipinski definition) is 5. The lowest BCUT2D eigenvalue weighted by molar-refractivity contribution is 0.102. The maximum atomic E-state index is 12.9. The molecular formula is C24H23N3O4. The first-order valence-electron chi connectivity index (χ1n) is 10.0. The van der Waals surface area contributed by atoms with E-state index in [0.29, 0.717) is 29.1 Å². The summed E-state index contributed by atoms with van der Waals surface area (Å²) in [6.45, 7) is 6.45. The highest BCUT2D eigenvalue weighted by Gasteiger charge is 2.15. The molecule has 7 heteroatoms. The van der Waals surface area contributed by atoms with Crippen LogP contribution in [0.3, 0.4) is 0 Å². The molecule has 2 aromatic heterocycles. The number of anilines is 1. The van der Waals surface area contributed by atoms with Gasteiger partial charge in [0.1, 0.15) is 11.3 Å². The molecule has 7 nitrogen and oxygen atoms in total. The largest absolute Gasteiger partial charge is 0.491 e. The predicted molar refractivity (Wildman–Crippen MR) is 119 cm³/mol. The molecule has 0 spiro atoms. The summed E-state index contributed by atoms with van der Waals surface area (Å²) in [4.78, 5) is 24.9. The van der Waals surface area contributed by atoms with E-state index in [-0.39, 0.29) is 11.7 Å². The highest BCUT2D eigenvalue weighted by atomic mass is 16.5. The van der Waals surface area contributed by atoms with Crippen LogP contribution in [0.4, 0.5) is 5.82 Å². The fourth-order valence-electron chi connectivity index (χ4n) is 3.34. The zero-order chi connectivity index (χ0) is 22.0. The molecule has 1 amide bonds. The number of carbonyl (C=O) groups is 1. The number of aromatic nitrogens is 2. The first-order valence-corrected chi connectivity index (χ1v) is 10.0. The summed E-state index contributed by atoms with van der Waals surface area (Å²) in [6, 6.07) is 16.0. The predicted octanol–water partition coefficient (Wildman–Crippen LogP) is 4.39. The Bertz CT molecular complexity index is 1300. The fourth-order valence-corrected chi connectivity index (χ4v) is 3.34. The van der Waals surface area contributed by atoms with Crippen LogP contribution < -0.4 is 15.7 Å². The van der Waals surface area contributed by atoms with Gasteiger partial charge >= 0.3 is 5.63 Å². The van der Waals surface area contributed by atoms with Gasteiger partial charge in [0.25, 0.3) is 5.91 Å². The van der Waals surface area contributed by atoms with E-state index in [0.717, 1.165) is 5.56 Å². The number of aryl methyl sites for hydroxylation is 1. The van der Waals surface area contributed by atoms with Crippen LogP contribution in [0, 0.1) is 6.92 Å². The van der Waals surface area contributed by atoms with Crippen molar-refractivity contribution >= 4 is 22.7 Å². The van der Waals surface area contributed by atoms with Gasteiger partial charge in [-0.1, -0.05) is 24.3 Å². The Kier molecular flexibility index (Phi) is 5.58. The van der Waals surface area contributed by atoms with Gasteiger partial charge in [-0.15, -0.1) is 0 Å². The second-order valence-corrected chi connectivity index (χ2v) is 7.58. The molecule has 4 aromatic rings. The quantitative estimate of drug-likeness (QED) is 0.470. The number of nitrogens with one attached hydrogen (secondary N) is 1. The van der Waals surface area contributed by atoms with Gasteiger partial charge < -0.3 is 14.5 Å². The number of carbonyl (C=O) groups excluding carboxylic acids is 1. The van der Waals surface area contributed by atoms with Crippen molar-refractivity contribution in [2.24, 2.45) is 0 Å². The number of fused-ring (bicyclic) bond motifs is 1. The van der Waals surface area contributed by atoms with Gasteiger partial charge in [-0.05, 0) is 44.0 Å². The first-order chi connectivity index (χ1) is 14.9. The van der Waals surface area contributed by atoms with Crippen LogP contribution in [-0.2, 0) is 6.54 Å². The van der Waals surface area contributed by atoms with Gasteiger partial charge in [0, 0.05) is 29.8 Å². The third-order valence-corrected chi connectivity index (χ3v) is 4.81. The Morgan fingerprint density at radius 1 is 1.16 bits per heavy atom. The van der Waals surface area contributed by atoms with Crippen LogP contribution in [0.5, 0.6) is 5.75 Å². The van der Waals surface area contributed by atoms with Crippen molar-refractivity contribution in [3.8, 4) is 5.75 Å². The minimum atomic E-state index is -0.607. The monoisotopic (exact) mass is 417 g/mol. The van der Waals surface area contributed by atoms with Crippen molar-refractivity contribution in [2.75, 3.05) is 5.32 Å². The Labute approximate surface area is 179 Å². The molecule has 0 aliphatic carbocycles. The molecule has 2 aromatic carbocycles. The average Bonchev–Trinajstić information content (AvgIpc) is 3.15. The van der Waals surface area contributed by atoms with Crippen LogP contribution >= 0.6 is 0 Å². The Morgan fingerprint density at radius 3 is 2.74 bits per heavy atom. The fraction of sp³-hybridized carbons (Fsp3) is 0.208. The number of benzene rings is 2. The van der Waals surface area contributed by atoms with E-state index < -0.39 is 11.5 Å². The van der Waals surface area contributed by atoms with Crippen LogP contribution in [-0.4, -0.2) is 21.8 Å². The first kappa shape index (κ1) is 20.4. The van der Waals surface area contributed by atoms with E-state index in [4.69, 9.17) is 9.15 Å². The number of ether oxygens (including phenoxy) is 1. The maximum Gasteiger partial charge on any atom is 0.337 e. The third kappa shape index (κ3) is 4.66. The second-order valence-electron chi connectivity index (χ2n) is 7.58. The third-order valence-electron chi connectivity index (χ3n) is 4.81. The van der Waals surface area contributed by atoms with E-state index in [2.05, 4.69) is 10.4 Å². The average molecular weight is 417 g/mol. The molecule has 0 aliphatic heterocycles. The lowest BCUT2D eigenvalue weighted by Crippen LogP contribution is -2.16. The summed E-state index contributed by atoms with van der Waals surface area (Å²) >= 11 is 0. The molecule has 0 fully saturated rings. The van der Waals surface area contributed by atoms with E-state index in [1.165, 1.54) is 11.6 Å². The summed E-state index contributed by atoms with van der Waals surface area (Å²) in [7, 11) is 0. The molecule has 0 bridgehead atoms. The number of rotatable bonds is 6. The lowest BCUT2D eigenvalue weighted by Gasteiger charge is -2.11. The van der Waals surface area contributed by atoms with Gasteiger partial charge in [-0.2, -0.15) is 5.10 Å². The summed E-state index contributed by atoms with van der Waals surface area (Å²) in [5.74, 6) is 0.537. The molecule has 1 N–H and O–H groups in total. The van der Waals surface area contributed by atoms with E-state index >= 15 is 0 Å². The molecule has 0 unspecified atom stereocenters. The molecule has 4 rings (SSSR count). The molecule has 31 heavy (non-hydrogen) atoms. The van der Waals surface area contributed by atoms with E-state index in [9.17, 15) is 9.59 Å². The molecular weight excluding hydrogens is 394 g/mol. The van der Waals surface area contributed by atoms with E-state index in [1.807, 2.05) is 45.0 Å². The van der Waals surface area contributed by atoms with Gasteiger partial charge in [-0.3, -0.25) is 9.48 Å². The smallest absolute Gasteiger partial charge is 0.337 e. The summed E-state index contributed by atoms with van der Waals surface area (Å²) < 4.78 is 12.7. The zero-order valence-corrected chi connectivity index (χ0v) is 17.6. The minimum Gasteiger partial charge on any atom is -0.491 e. The summed E-state index contributed by atoms with van der Waals surface area (Å²) in [5, 5.41) is 7.71. The second kappa shape index (κ2) is 8.47. The van der Waals surface area contributed by atoms with Crippen molar-refractivity contribution in [2.45, 2.75) is 33.4 Å². The molecule has 0 atom stereocenters. The highest BCUT2D eigenvalue weighted by molar-refractivity contribution is 6.11. The SMILES string of the molecule is Cc1ccccc1Cn1ccc(NC(=O)c2cc(=O)oc3cc(OC(C)C)ccc23)n1. The molecule has 0 saturated heterocycles. The normalized spacial score (nSPS) is 11.1. The van der Waals surface area contributed by atoms with Crippen LogP contribution in [0.1, 0.15) is 35.3 Å². The van der Waals surface area contributed by atoms with Crippen molar-refractivity contribution in [1.29, 1.82) is 0 Å². The highest BCUT2D eigenvalue weighted by Crippen LogP contribution is 2.24. The van der Waals surface area contributed by atoms with E-state index in [1.54, 1.807) is 35.1 Å². The lowest BCUT2D eigenvalue weighted by atomic mass is 10.1. The van der Waals surface area contributed by atoms with Crippen LogP contribution in [0.25, 0.3) is 11.0 Å². The Balaban J connectivity index is 1.57. The minimum absolute atomic E-state index is 0.0227.